The zero-order valence-corrected chi connectivity index (χ0v) is 11.9. The van der Waals surface area contributed by atoms with Gasteiger partial charge in [0.05, 0.1) is 6.10 Å². The minimum atomic E-state index is -0.300. The molecular formula is C16H26O2. The van der Waals surface area contributed by atoms with Gasteiger partial charge >= 0.3 is 0 Å². The van der Waals surface area contributed by atoms with Gasteiger partial charge in [0.25, 0.3) is 0 Å². The second-order valence-corrected chi connectivity index (χ2v) is 5.43. The Morgan fingerprint density at radius 3 is 2.56 bits per heavy atom. The first-order valence-corrected chi connectivity index (χ1v) is 6.89. The lowest BCUT2D eigenvalue weighted by molar-refractivity contribution is 0.0769. The third-order valence-electron chi connectivity index (χ3n) is 2.99. The number of ether oxygens (including phenoxy) is 1. The Labute approximate surface area is 111 Å². The molecule has 2 heteroatoms. The number of aryl methyl sites for hydroxylation is 1. The summed E-state index contributed by atoms with van der Waals surface area (Å²) in [5.41, 5.74) is 2.44. The van der Waals surface area contributed by atoms with Crippen molar-refractivity contribution < 1.29 is 9.84 Å². The van der Waals surface area contributed by atoms with Crippen molar-refractivity contribution in [2.45, 2.75) is 46.1 Å². The number of benzene rings is 1. The molecule has 1 N–H and O–H groups in total. The summed E-state index contributed by atoms with van der Waals surface area (Å²) in [6.45, 7) is 7.91. The SMILES string of the molecule is Cc1cccc(CC(O)CCOCCC(C)C)c1. The first-order chi connectivity index (χ1) is 8.58. The molecule has 0 saturated carbocycles. The minimum Gasteiger partial charge on any atom is -0.393 e. The number of hydrogen-bond acceptors (Lipinski definition) is 2. The van der Waals surface area contributed by atoms with E-state index >= 15 is 0 Å². The van der Waals surface area contributed by atoms with Gasteiger partial charge in [0, 0.05) is 13.2 Å². The average Bonchev–Trinajstić information content (AvgIpc) is 2.28. The lowest BCUT2D eigenvalue weighted by Crippen LogP contribution is -2.14. The summed E-state index contributed by atoms with van der Waals surface area (Å²) in [5.74, 6) is 0.683. The van der Waals surface area contributed by atoms with Crippen LogP contribution in [0.5, 0.6) is 0 Å². The van der Waals surface area contributed by atoms with E-state index in [9.17, 15) is 5.11 Å². The molecule has 0 aliphatic heterocycles. The van der Waals surface area contributed by atoms with E-state index in [1.54, 1.807) is 0 Å². The third kappa shape index (κ3) is 6.77. The van der Waals surface area contributed by atoms with Crippen molar-refractivity contribution in [3.05, 3.63) is 35.4 Å². The highest BCUT2D eigenvalue weighted by Crippen LogP contribution is 2.09. The van der Waals surface area contributed by atoms with E-state index in [-0.39, 0.29) is 6.10 Å². The monoisotopic (exact) mass is 250 g/mol. The summed E-state index contributed by atoms with van der Waals surface area (Å²) in [7, 11) is 0. The van der Waals surface area contributed by atoms with Gasteiger partial charge in [-0.1, -0.05) is 43.7 Å². The lowest BCUT2D eigenvalue weighted by Gasteiger charge is -2.12. The summed E-state index contributed by atoms with van der Waals surface area (Å²) >= 11 is 0. The van der Waals surface area contributed by atoms with Gasteiger partial charge in [0.2, 0.25) is 0 Å². The zero-order chi connectivity index (χ0) is 13.4. The van der Waals surface area contributed by atoms with E-state index in [1.165, 1.54) is 11.1 Å². The Morgan fingerprint density at radius 2 is 1.89 bits per heavy atom. The Hall–Kier alpha value is -0.860. The van der Waals surface area contributed by atoms with Crippen molar-refractivity contribution in [3.63, 3.8) is 0 Å². The fourth-order valence-electron chi connectivity index (χ4n) is 1.85. The van der Waals surface area contributed by atoms with Crippen molar-refractivity contribution in [1.82, 2.24) is 0 Å². The molecular weight excluding hydrogens is 224 g/mol. The van der Waals surface area contributed by atoms with E-state index in [0.29, 0.717) is 18.9 Å². The van der Waals surface area contributed by atoms with Crippen LogP contribution in [0, 0.1) is 12.8 Å². The second-order valence-electron chi connectivity index (χ2n) is 5.43. The van der Waals surface area contributed by atoms with Crippen LogP contribution in [-0.4, -0.2) is 24.4 Å². The van der Waals surface area contributed by atoms with Crippen LogP contribution < -0.4 is 0 Å². The average molecular weight is 250 g/mol. The lowest BCUT2D eigenvalue weighted by atomic mass is 10.0. The Kier molecular flexibility index (Phi) is 6.99. The number of aliphatic hydroxyl groups excluding tert-OH is 1. The maximum atomic E-state index is 9.92. The van der Waals surface area contributed by atoms with Crippen molar-refractivity contribution in [3.8, 4) is 0 Å². The van der Waals surface area contributed by atoms with Crippen LogP contribution in [0.3, 0.4) is 0 Å². The molecule has 1 aromatic carbocycles. The third-order valence-corrected chi connectivity index (χ3v) is 2.99. The molecule has 0 radical (unpaired) electrons. The van der Waals surface area contributed by atoms with Crippen LogP contribution in [-0.2, 0) is 11.2 Å². The van der Waals surface area contributed by atoms with Crippen molar-refractivity contribution in [2.75, 3.05) is 13.2 Å². The van der Waals surface area contributed by atoms with Crippen molar-refractivity contribution >= 4 is 0 Å². The van der Waals surface area contributed by atoms with Crippen molar-refractivity contribution in [1.29, 1.82) is 0 Å². The largest absolute Gasteiger partial charge is 0.393 e. The zero-order valence-electron chi connectivity index (χ0n) is 11.9. The van der Waals surface area contributed by atoms with Gasteiger partial charge in [0.15, 0.2) is 0 Å². The van der Waals surface area contributed by atoms with Gasteiger partial charge in [-0.25, -0.2) is 0 Å². The van der Waals surface area contributed by atoms with Crippen LogP contribution in [0.1, 0.15) is 37.8 Å². The van der Waals surface area contributed by atoms with Crippen LogP contribution in [0.15, 0.2) is 24.3 Å². The summed E-state index contributed by atoms with van der Waals surface area (Å²) in [5, 5.41) is 9.92. The topological polar surface area (TPSA) is 29.5 Å². The van der Waals surface area contributed by atoms with E-state index < -0.39 is 0 Å². The molecule has 1 atom stereocenters. The van der Waals surface area contributed by atoms with E-state index in [2.05, 4.69) is 39.0 Å². The van der Waals surface area contributed by atoms with Crippen LogP contribution in [0.4, 0.5) is 0 Å². The molecule has 18 heavy (non-hydrogen) atoms. The Bertz CT molecular complexity index is 334. The van der Waals surface area contributed by atoms with Crippen LogP contribution in [0.2, 0.25) is 0 Å². The summed E-state index contributed by atoms with van der Waals surface area (Å²) < 4.78 is 5.52. The molecule has 102 valence electrons. The summed E-state index contributed by atoms with van der Waals surface area (Å²) in [6.07, 6.45) is 2.22. The number of rotatable bonds is 8. The van der Waals surface area contributed by atoms with E-state index in [4.69, 9.17) is 4.74 Å². The summed E-state index contributed by atoms with van der Waals surface area (Å²) in [4.78, 5) is 0. The van der Waals surface area contributed by atoms with Gasteiger partial charge < -0.3 is 9.84 Å². The van der Waals surface area contributed by atoms with Gasteiger partial charge in [-0.3, -0.25) is 0 Å². The molecule has 0 aromatic heterocycles. The normalized spacial score (nSPS) is 12.9. The smallest absolute Gasteiger partial charge is 0.0602 e. The van der Waals surface area contributed by atoms with Gasteiger partial charge in [-0.05, 0) is 37.7 Å². The molecule has 0 spiro atoms. The quantitative estimate of drug-likeness (QED) is 0.717. The Balaban J connectivity index is 2.16. The second kappa shape index (κ2) is 8.28. The fourth-order valence-corrected chi connectivity index (χ4v) is 1.85. The minimum absolute atomic E-state index is 0.300. The highest BCUT2D eigenvalue weighted by atomic mass is 16.5. The van der Waals surface area contributed by atoms with E-state index in [0.717, 1.165) is 19.4 Å². The molecule has 0 saturated heterocycles. The Morgan fingerprint density at radius 1 is 1.17 bits per heavy atom. The van der Waals surface area contributed by atoms with Gasteiger partial charge in [-0.2, -0.15) is 0 Å². The first-order valence-electron chi connectivity index (χ1n) is 6.89. The van der Waals surface area contributed by atoms with Gasteiger partial charge in [-0.15, -0.1) is 0 Å². The number of hydrogen-bond donors (Lipinski definition) is 1. The van der Waals surface area contributed by atoms with Crippen LogP contribution in [0.25, 0.3) is 0 Å². The molecule has 0 bridgehead atoms. The first kappa shape index (κ1) is 15.2. The predicted molar refractivity (Wildman–Crippen MR) is 75.8 cm³/mol. The van der Waals surface area contributed by atoms with Crippen molar-refractivity contribution in [2.24, 2.45) is 5.92 Å². The highest BCUT2D eigenvalue weighted by molar-refractivity contribution is 5.22. The molecule has 0 heterocycles. The molecule has 0 aliphatic rings. The maximum absolute atomic E-state index is 9.92. The number of aliphatic hydroxyl groups is 1. The van der Waals surface area contributed by atoms with E-state index in [1.807, 2.05) is 6.07 Å². The standard InChI is InChI=1S/C16H26O2/c1-13(2)7-9-18-10-8-16(17)12-15-6-4-5-14(3)11-15/h4-6,11,13,16-17H,7-10,12H2,1-3H3. The molecule has 0 amide bonds. The highest BCUT2D eigenvalue weighted by Gasteiger charge is 2.05. The molecule has 1 unspecified atom stereocenters. The van der Waals surface area contributed by atoms with Crippen LogP contribution >= 0.6 is 0 Å². The summed E-state index contributed by atoms with van der Waals surface area (Å²) in [6, 6.07) is 8.31. The molecule has 1 aromatic rings. The molecule has 0 aliphatic carbocycles. The fraction of sp³-hybridized carbons (Fsp3) is 0.625. The molecule has 2 nitrogen and oxygen atoms in total. The predicted octanol–water partition coefficient (Wildman–Crippen LogP) is 3.35. The maximum Gasteiger partial charge on any atom is 0.0602 e. The molecule has 1 rings (SSSR count). The molecule has 0 fully saturated rings. The van der Waals surface area contributed by atoms with Gasteiger partial charge in [0.1, 0.15) is 0 Å².